The van der Waals surface area contributed by atoms with E-state index in [1.807, 2.05) is 6.92 Å². The summed E-state index contributed by atoms with van der Waals surface area (Å²) >= 11 is 0. The molecule has 1 heterocycles. The summed E-state index contributed by atoms with van der Waals surface area (Å²) in [4.78, 5) is 16.9. The average Bonchev–Trinajstić information content (AvgIpc) is 2.37. The third-order valence-corrected chi connectivity index (χ3v) is 1.35. The normalized spacial score (nSPS) is 9.08. The van der Waals surface area contributed by atoms with Crippen LogP contribution < -0.4 is 0 Å². The van der Waals surface area contributed by atoms with Gasteiger partial charge in [-0.15, -0.1) is 12.4 Å². The lowest BCUT2D eigenvalue weighted by Crippen LogP contribution is -1.96. The number of rotatable bonds is 3. The molecule has 0 unspecified atom stereocenters. The van der Waals surface area contributed by atoms with Crippen LogP contribution in [0.15, 0.2) is 6.20 Å². The molecule has 0 saturated heterocycles. The lowest BCUT2D eigenvalue weighted by atomic mass is 10.3. The number of halogens is 1. The fraction of sp³-hybridized carbons (Fsp3) is 0.429. The van der Waals surface area contributed by atoms with E-state index in [-0.39, 0.29) is 18.1 Å². The van der Waals surface area contributed by atoms with Gasteiger partial charge >= 0.3 is 5.97 Å². The topological polar surface area (TPSA) is 66.0 Å². The van der Waals surface area contributed by atoms with Gasteiger partial charge in [-0.3, -0.25) is 0 Å². The van der Waals surface area contributed by atoms with E-state index in [4.69, 9.17) is 5.11 Å². The van der Waals surface area contributed by atoms with Gasteiger partial charge in [0.15, 0.2) is 0 Å². The smallest absolute Gasteiger partial charge is 0.353 e. The second-order valence-electron chi connectivity index (χ2n) is 2.30. The van der Waals surface area contributed by atoms with Gasteiger partial charge in [0.05, 0.1) is 6.20 Å². The third-order valence-electron chi connectivity index (χ3n) is 1.35. The molecule has 2 N–H and O–H groups in total. The molecule has 0 aliphatic rings. The Morgan fingerprint density at radius 1 is 1.75 bits per heavy atom. The molecule has 68 valence electrons. The van der Waals surface area contributed by atoms with Crippen LogP contribution in [-0.2, 0) is 6.42 Å². The number of nitrogens with zero attached hydrogens (tertiary/aromatic N) is 1. The summed E-state index contributed by atoms with van der Waals surface area (Å²) in [5.74, 6) is -0.218. The lowest BCUT2D eigenvalue weighted by Gasteiger charge is -1.88. The van der Waals surface area contributed by atoms with E-state index in [9.17, 15) is 4.79 Å². The zero-order valence-electron chi connectivity index (χ0n) is 6.70. The minimum atomic E-state index is -0.958. The average molecular weight is 191 g/mol. The first-order valence-electron chi connectivity index (χ1n) is 3.51. The van der Waals surface area contributed by atoms with Gasteiger partial charge in [0.1, 0.15) is 11.5 Å². The Labute approximate surface area is 76.4 Å². The maximum absolute atomic E-state index is 10.3. The zero-order chi connectivity index (χ0) is 8.27. The minimum absolute atomic E-state index is 0. The molecule has 0 radical (unpaired) electrons. The Kier molecular flexibility index (Phi) is 4.36. The summed E-state index contributed by atoms with van der Waals surface area (Å²) in [6.45, 7) is 2.02. The molecule has 0 saturated carbocycles. The Bertz CT molecular complexity index is 260. The molecule has 0 bridgehead atoms. The first kappa shape index (κ1) is 11.0. The number of aryl methyl sites for hydroxylation is 1. The van der Waals surface area contributed by atoms with Gasteiger partial charge in [0.25, 0.3) is 0 Å². The molecule has 0 aromatic carbocycles. The summed E-state index contributed by atoms with van der Waals surface area (Å²) in [5, 5.41) is 8.50. The molecular formula is C7H11ClN2O2. The fourth-order valence-corrected chi connectivity index (χ4v) is 0.835. The maximum atomic E-state index is 10.3. The van der Waals surface area contributed by atoms with E-state index in [1.165, 1.54) is 6.20 Å². The van der Waals surface area contributed by atoms with Crippen LogP contribution in [0.2, 0.25) is 0 Å². The molecule has 0 spiro atoms. The molecule has 0 aliphatic heterocycles. The van der Waals surface area contributed by atoms with Gasteiger partial charge in [-0.05, 0) is 6.42 Å². The number of imidazole rings is 1. The van der Waals surface area contributed by atoms with Gasteiger partial charge in [0.2, 0.25) is 0 Å². The van der Waals surface area contributed by atoms with Crippen molar-refractivity contribution in [1.29, 1.82) is 0 Å². The van der Waals surface area contributed by atoms with E-state index in [1.54, 1.807) is 0 Å². The molecular weight excluding hydrogens is 180 g/mol. The van der Waals surface area contributed by atoms with Crippen LogP contribution in [0.4, 0.5) is 0 Å². The van der Waals surface area contributed by atoms with Crippen LogP contribution in [0.3, 0.4) is 0 Å². The van der Waals surface area contributed by atoms with Crippen molar-refractivity contribution in [2.24, 2.45) is 0 Å². The van der Waals surface area contributed by atoms with Crippen LogP contribution in [0.25, 0.3) is 0 Å². The highest BCUT2D eigenvalue weighted by molar-refractivity contribution is 5.85. The van der Waals surface area contributed by atoms with Crippen molar-refractivity contribution < 1.29 is 9.90 Å². The fourth-order valence-electron chi connectivity index (χ4n) is 0.835. The second-order valence-corrected chi connectivity index (χ2v) is 2.30. The van der Waals surface area contributed by atoms with Gasteiger partial charge in [-0.2, -0.15) is 0 Å². The Morgan fingerprint density at radius 2 is 2.42 bits per heavy atom. The molecule has 0 amide bonds. The highest BCUT2D eigenvalue weighted by atomic mass is 35.5. The Morgan fingerprint density at radius 3 is 2.83 bits per heavy atom. The molecule has 0 aliphatic carbocycles. The molecule has 0 atom stereocenters. The first-order chi connectivity index (χ1) is 5.24. The largest absolute Gasteiger partial charge is 0.477 e. The number of nitrogens with one attached hydrogen (secondary N) is 1. The Balaban J connectivity index is 0.00000121. The predicted octanol–water partition coefficient (Wildman–Crippen LogP) is 1.48. The van der Waals surface area contributed by atoms with Crippen LogP contribution in [0, 0.1) is 0 Å². The third kappa shape index (κ3) is 2.54. The van der Waals surface area contributed by atoms with Crippen molar-refractivity contribution in [3.8, 4) is 0 Å². The summed E-state index contributed by atoms with van der Waals surface area (Å²) in [7, 11) is 0. The summed E-state index contributed by atoms with van der Waals surface area (Å²) in [6, 6.07) is 0. The Hall–Kier alpha value is -1.03. The predicted molar refractivity (Wildman–Crippen MR) is 46.8 cm³/mol. The van der Waals surface area contributed by atoms with E-state index in [0.29, 0.717) is 0 Å². The highest BCUT2D eigenvalue weighted by Crippen LogP contribution is 1.99. The summed E-state index contributed by atoms with van der Waals surface area (Å²) in [5.41, 5.74) is 0.161. The molecule has 12 heavy (non-hydrogen) atoms. The van der Waals surface area contributed by atoms with E-state index in [2.05, 4.69) is 9.97 Å². The number of H-pyrrole nitrogens is 1. The van der Waals surface area contributed by atoms with E-state index < -0.39 is 5.97 Å². The van der Waals surface area contributed by atoms with Crippen LogP contribution >= 0.6 is 12.4 Å². The number of aromatic carboxylic acids is 1. The number of carboxylic acid groups (broad SMARTS) is 1. The van der Waals surface area contributed by atoms with E-state index in [0.717, 1.165) is 18.7 Å². The zero-order valence-corrected chi connectivity index (χ0v) is 7.52. The lowest BCUT2D eigenvalue weighted by molar-refractivity contribution is 0.0691. The first-order valence-corrected chi connectivity index (χ1v) is 3.51. The molecule has 1 aromatic heterocycles. The second kappa shape index (κ2) is 4.77. The van der Waals surface area contributed by atoms with Gasteiger partial charge in [0, 0.05) is 6.42 Å². The number of hydrogen-bond donors (Lipinski definition) is 2. The molecule has 0 fully saturated rings. The van der Waals surface area contributed by atoms with E-state index >= 15 is 0 Å². The number of aromatic nitrogens is 2. The minimum Gasteiger partial charge on any atom is -0.477 e. The standard InChI is InChI=1S/C7H10N2O2.ClH/c1-2-3-6-8-4-5(9-6)7(10)11;/h4H,2-3H2,1H3,(H,8,9)(H,10,11);1H. The molecule has 5 heteroatoms. The molecule has 4 nitrogen and oxygen atoms in total. The molecule has 1 rings (SSSR count). The van der Waals surface area contributed by atoms with Crippen LogP contribution in [0.5, 0.6) is 0 Å². The highest BCUT2D eigenvalue weighted by Gasteiger charge is 2.05. The van der Waals surface area contributed by atoms with Crippen molar-refractivity contribution in [3.05, 3.63) is 17.7 Å². The van der Waals surface area contributed by atoms with Crippen molar-refractivity contribution >= 4 is 18.4 Å². The van der Waals surface area contributed by atoms with Gasteiger partial charge in [-0.1, -0.05) is 6.92 Å². The number of hydrogen-bond acceptors (Lipinski definition) is 2. The SMILES string of the molecule is CCCc1ncc(C(=O)O)[nH]1.Cl. The van der Waals surface area contributed by atoms with Crippen molar-refractivity contribution in [3.63, 3.8) is 0 Å². The number of aromatic amines is 1. The van der Waals surface area contributed by atoms with Crippen molar-refractivity contribution in [1.82, 2.24) is 9.97 Å². The van der Waals surface area contributed by atoms with Crippen LogP contribution in [-0.4, -0.2) is 21.0 Å². The van der Waals surface area contributed by atoms with Gasteiger partial charge in [-0.25, -0.2) is 9.78 Å². The maximum Gasteiger partial charge on any atom is 0.353 e. The quantitative estimate of drug-likeness (QED) is 0.759. The van der Waals surface area contributed by atoms with Crippen LogP contribution in [0.1, 0.15) is 29.7 Å². The summed E-state index contributed by atoms with van der Waals surface area (Å²) in [6.07, 6.45) is 3.10. The number of carboxylic acids is 1. The van der Waals surface area contributed by atoms with Crippen molar-refractivity contribution in [2.75, 3.05) is 0 Å². The monoisotopic (exact) mass is 190 g/mol. The van der Waals surface area contributed by atoms with Crippen molar-refractivity contribution in [2.45, 2.75) is 19.8 Å². The number of carbonyl (C=O) groups is 1. The summed E-state index contributed by atoms with van der Waals surface area (Å²) < 4.78 is 0. The molecule has 1 aromatic rings. The van der Waals surface area contributed by atoms with Gasteiger partial charge < -0.3 is 10.1 Å².